The highest BCUT2D eigenvalue weighted by Gasteiger charge is 2.45. The Morgan fingerprint density at radius 3 is 2.62 bits per heavy atom. The van der Waals surface area contributed by atoms with Crippen LogP contribution in [-0.4, -0.2) is 69.8 Å². The van der Waals surface area contributed by atoms with Crippen molar-refractivity contribution in [2.24, 2.45) is 0 Å². The fraction of sp³-hybridized carbons (Fsp3) is 0.500. The molecular formula is C14H17NO9. The van der Waals surface area contributed by atoms with Gasteiger partial charge in [0.25, 0.3) is 0 Å². The second kappa shape index (κ2) is 6.42. The maximum Gasteiger partial charge on any atom is 0.417 e. The first-order valence-corrected chi connectivity index (χ1v) is 7.13. The van der Waals surface area contributed by atoms with Gasteiger partial charge in [-0.2, -0.15) is 0 Å². The van der Waals surface area contributed by atoms with Gasteiger partial charge in [0.15, 0.2) is 17.1 Å². The second-order valence-electron chi connectivity index (χ2n) is 5.30. The standard InChI is InChI=1S/C14H17NO9/c1-21-12-6(3-2-5-8(12)15-14(20)24-5)22-13-11(19)10(18)9(17)7(4-16)23-13/h2-3,7,9-11,13,16-19H,4H2,1H3,(H,15,20)/t7-,9-,10+,11-,13-/m1/s1. The maximum atomic E-state index is 11.3. The average Bonchev–Trinajstić information content (AvgIpc) is 2.95. The summed E-state index contributed by atoms with van der Waals surface area (Å²) >= 11 is 0. The minimum atomic E-state index is -1.57. The number of aromatic amines is 1. The first-order valence-electron chi connectivity index (χ1n) is 7.13. The van der Waals surface area contributed by atoms with Gasteiger partial charge in [-0.15, -0.1) is 0 Å². The molecule has 1 aliphatic heterocycles. The number of fused-ring (bicyclic) bond motifs is 1. The number of oxazole rings is 1. The molecule has 3 rings (SSSR count). The van der Waals surface area contributed by atoms with E-state index in [4.69, 9.17) is 18.6 Å². The number of H-pyrrole nitrogens is 1. The van der Waals surface area contributed by atoms with E-state index < -0.39 is 43.1 Å². The molecule has 0 aliphatic carbocycles. The summed E-state index contributed by atoms with van der Waals surface area (Å²) in [6.45, 7) is -0.573. The molecule has 0 amide bonds. The van der Waals surface area contributed by atoms with Crippen LogP contribution in [0.1, 0.15) is 0 Å². The molecule has 0 bridgehead atoms. The lowest BCUT2D eigenvalue weighted by Gasteiger charge is -2.39. The number of aromatic nitrogens is 1. The molecule has 5 atom stereocenters. The highest BCUT2D eigenvalue weighted by Crippen LogP contribution is 2.36. The Morgan fingerprint density at radius 1 is 1.21 bits per heavy atom. The number of nitrogens with one attached hydrogen (secondary N) is 1. The lowest BCUT2D eigenvalue weighted by molar-refractivity contribution is -0.277. The lowest BCUT2D eigenvalue weighted by Crippen LogP contribution is -2.60. The van der Waals surface area contributed by atoms with Crippen molar-refractivity contribution in [2.45, 2.75) is 30.7 Å². The van der Waals surface area contributed by atoms with Gasteiger partial charge in [-0.05, 0) is 12.1 Å². The minimum Gasteiger partial charge on any atom is -0.491 e. The van der Waals surface area contributed by atoms with Crippen LogP contribution in [0, 0.1) is 0 Å². The smallest absolute Gasteiger partial charge is 0.417 e. The minimum absolute atomic E-state index is 0.103. The summed E-state index contributed by atoms with van der Waals surface area (Å²) in [5, 5.41) is 38.7. The van der Waals surface area contributed by atoms with Gasteiger partial charge in [-0.3, -0.25) is 4.98 Å². The molecule has 5 N–H and O–H groups in total. The van der Waals surface area contributed by atoms with Crippen molar-refractivity contribution in [3.63, 3.8) is 0 Å². The summed E-state index contributed by atoms with van der Waals surface area (Å²) in [6.07, 6.45) is -7.09. The van der Waals surface area contributed by atoms with Crippen LogP contribution in [0.25, 0.3) is 11.1 Å². The third-order valence-electron chi connectivity index (χ3n) is 3.81. The molecule has 132 valence electrons. The number of benzene rings is 1. The van der Waals surface area contributed by atoms with Crippen molar-refractivity contribution in [2.75, 3.05) is 13.7 Å². The quantitative estimate of drug-likeness (QED) is 0.437. The van der Waals surface area contributed by atoms with E-state index in [9.17, 15) is 25.2 Å². The van der Waals surface area contributed by atoms with Crippen LogP contribution >= 0.6 is 0 Å². The van der Waals surface area contributed by atoms with Crippen molar-refractivity contribution in [1.29, 1.82) is 0 Å². The number of hydrogen-bond acceptors (Lipinski definition) is 9. The van der Waals surface area contributed by atoms with Gasteiger partial charge in [0.05, 0.1) is 13.7 Å². The third-order valence-corrected chi connectivity index (χ3v) is 3.81. The van der Waals surface area contributed by atoms with Gasteiger partial charge in [-0.1, -0.05) is 0 Å². The van der Waals surface area contributed by atoms with Crippen LogP contribution in [0.2, 0.25) is 0 Å². The fourth-order valence-corrected chi connectivity index (χ4v) is 2.56. The first-order chi connectivity index (χ1) is 11.5. The van der Waals surface area contributed by atoms with Crippen molar-refractivity contribution in [1.82, 2.24) is 4.98 Å². The maximum absolute atomic E-state index is 11.3. The molecule has 1 aromatic heterocycles. The molecular weight excluding hydrogens is 326 g/mol. The van der Waals surface area contributed by atoms with Crippen LogP contribution in [0.5, 0.6) is 11.5 Å². The Kier molecular flexibility index (Phi) is 4.47. The zero-order valence-corrected chi connectivity index (χ0v) is 12.6. The highest BCUT2D eigenvalue weighted by molar-refractivity contribution is 5.82. The molecule has 2 aromatic rings. The number of hydrogen-bond donors (Lipinski definition) is 5. The summed E-state index contributed by atoms with van der Waals surface area (Å²) < 4.78 is 20.9. The predicted octanol–water partition coefficient (Wildman–Crippen LogP) is -1.69. The van der Waals surface area contributed by atoms with Crippen LogP contribution in [0.4, 0.5) is 0 Å². The van der Waals surface area contributed by atoms with Crippen LogP contribution in [0.15, 0.2) is 21.3 Å². The summed E-state index contributed by atoms with van der Waals surface area (Å²) in [7, 11) is 1.35. The zero-order valence-electron chi connectivity index (χ0n) is 12.6. The molecule has 1 aromatic carbocycles. The summed E-state index contributed by atoms with van der Waals surface area (Å²) in [5.41, 5.74) is 0.502. The molecule has 1 saturated heterocycles. The predicted molar refractivity (Wildman–Crippen MR) is 77.8 cm³/mol. The number of aliphatic hydroxyl groups is 4. The van der Waals surface area contributed by atoms with E-state index in [0.29, 0.717) is 0 Å². The molecule has 24 heavy (non-hydrogen) atoms. The normalized spacial score (nSPS) is 30.5. The van der Waals surface area contributed by atoms with E-state index in [1.54, 1.807) is 0 Å². The van der Waals surface area contributed by atoms with E-state index in [-0.39, 0.29) is 22.6 Å². The number of aliphatic hydroxyl groups excluding tert-OH is 4. The van der Waals surface area contributed by atoms with Gasteiger partial charge >= 0.3 is 5.76 Å². The number of rotatable bonds is 4. The van der Waals surface area contributed by atoms with E-state index >= 15 is 0 Å². The molecule has 10 nitrogen and oxygen atoms in total. The highest BCUT2D eigenvalue weighted by atomic mass is 16.7. The zero-order chi connectivity index (χ0) is 17.4. The van der Waals surface area contributed by atoms with Gasteiger partial charge in [0.1, 0.15) is 29.9 Å². The van der Waals surface area contributed by atoms with Gasteiger partial charge in [-0.25, -0.2) is 4.79 Å². The summed E-state index contributed by atoms with van der Waals surface area (Å²) in [5.74, 6) is -0.435. The number of methoxy groups -OCH3 is 1. The van der Waals surface area contributed by atoms with Crippen molar-refractivity contribution in [3.05, 3.63) is 22.7 Å². The van der Waals surface area contributed by atoms with Crippen molar-refractivity contribution < 1.29 is 39.1 Å². The summed E-state index contributed by atoms with van der Waals surface area (Å²) in [4.78, 5) is 13.7. The van der Waals surface area contributed by atoms with E-state index in [0.717, 1.165) is 0 Å². The summed E-state index contributed by atoms with van der Waals surface area (Å²) in [6, 6.07) is 2.88. The molecule has 2 heterocycles. The van der Waals surface area contributed by atoms with E-state index in [1.165, 1.54) is 19.2 Å². The molecule has 0 saturated carbocycles. The van der Waals surface area contributed by atoms with E-state index in [2.05, 4.69) is 4.98 Å². The van der Waals surface area contributed by atoms with Gasteiger partial charge < -0.3 is 39.1 Å². The van der Waals surface area contributed by atoms with Crippen LogP contribution in [-0.2, 0) is 4.74 Å². The molecule has 1 aliphatic rings. The number of ether oxygens (including phenoxy) is 3. The Morgan fingerprint density at radius 2 is 1.96 bits per heavy atom. The second-order valence-corrected chi connectivity index (χ2v) is 5.30. The van der Waals surface area contributed by atoms with Crippen LogP contribution < -0.4 is 15.2 Å². The lowest BCUT2D eigenvalue weighted by atomic mass is 9.99. The Balaban J connectivity index is 1.92. The largest absolute Gasteiger partial charge is 0.491 e. The molecule has 10 heteroatoms. The Bertz CT molecular complexity index is 767. The third kappa shape index (κ3) is 2.74. The fourth-order valence-electron chi connectivity index (χ4n) is 2.56. The van der Waals surface area contributed by atoms with Crippen LogP contribution in [0.3, 0.4) is 0 Å². The molecule has 0 radical (unpaired) electrons. The van der Waals surface area contributed by atoms with Crippen molar-refractivity contribution >= 4 is 11.1 Å². The van der Waals surface area contributed by atoms with E-state index in [1.807, 2.05) is 0 Å². The Hall–Kier alpha value is -2.11. The topological polar surface area (TPSA) is 155 Å². The van der Waals surface area contributed by atoms with Gasteiger partial charge in [0.2, 0.25) is 6.29 Å². The Labute approximate surface area is 134 Å². The average molecular weight is 343 g/mol. The molecule has 0 unspecified atom stereocenters. The molecule has 1 fully saturated rings. The monoisotopic (exact) mass is 343 g/mol. The SMILES string of the molecule is COc1c(O[C@@H]2O[C@H](CO)[C@@H](O)[C@H](O)[C@H]2O)ccc2oc(=O)[nH]c12. The van der Waals surface area contributed by atoms with Crippen molar-refractivity contribution in [3.8, 4) is 11.5 Å². The molecule has 0 spiro atoms. The first kappa shape index (κ1) is 16.7. The van der Waals surface area contributed by atoms with Gasteiger partial charge in [0, 0.05) is 0 Å².